The fourth-order valence-electron chi connectivity index (χ4n) is 3.36. The van der Waals surface area contributed by atoms with Crippen molar-refractivity contribution >= 4 is 5.82 Å². The Kier molecular flexibility index (Phi) is 3.46. The van der Waals surface area contributed by atoms with Gasteiger partial charge in [-0.15, -0.1) is 0 Å². The Bertz CT molecular complexity index is 372. The highest BCUT2D eigenvalue weighted by molar-refractivity contribution is 5.36. The standard InChI is InChI=1S/C14H22N4/c15-18-13-9-12(10-5-1-2-6-10)16-14(17-13)11-7-3-4-8-11/h9-11H,1-8,15H2,(H,16,17,18). The van der Waals surface area contributed by atoms with E-state index in [0.29, 0.717) is 11.8 Å². The van der Waals surface area contributed by atoms with Gasteiger partial charge in [0.05, 0.1) is 0 Å². The summed E-state index contributed by atoms with van der Waals surface area (Å²) in [6.07, 6.45) is 10.3. The largest absolute Gasteiger partial charge is 0.308 e. The zero-order chi connectivity index (χ0) is 12.4. The van der Waals surface area contributed by atoms with Gasteiger partial charge in [0.1, 0.15) is 11.6 Å². The van der Waals surface area contributed by atoms with Crippen LogP contribution in [0.25, 0.3) is 0 Å². The molecule has 2 aliphatic carbocycles. The van der Waals surface area contributed by atoms with Gasteiger partial charge in [-0.05, 0) is 25.7 Å². The molecule has 2 saturated carbocycles. The molecule has 18 heavy (non-hydrogen) atoms. The van der Waals surface area contributed by atoms with Gasteiger partial charge in [-0.25, -0.2) is 15.8 Å². The van der Waals surface area contributed by atoms with E-state index in [0.717, 1.165) is 11.6 Å². The fraction of sp³-hybridized carbons (Fsp3) is 0.714. The number of nitrogens with one attached hydrogen (secondary N) is 1. The van der Waals surface area contributed by atoms with Crippen molar-refractivity contribution in [1.82, 2.24) is 9.97 Å². The SMILES string of the molecule is NNc1cc(C2CCCC2)nc(C2CCCC2)n1. The van der Waals surface area contributed by atoms with Crippen molar-refractivity contribution in [3.8, 4) is 0 Å². The molecule has 0 saturated heterocycles. The Morgan fingerprint density at radius 2 is 1.56 bits per heavy atom. The second-order valence-corrected chi connectivity index (χ2v) is 5.64. The van der Waals surface area contributed by atoms with Crippen molar-refractivity contribution in [3.63, 3.8) is 0 Å². The normalized spacial score (nSPS) is 21.6. The third kappa shape index (κ3) is 2.34. The Hall–Kier alpha value is -1.16. The number of rotatable bonds is 3. The van der Waals surface area contributed by atoms with Crippen LogP contribution in [0.4, 0.5) is 5.82 Å². The Morgan fingerprint density at radius 3 is 2.17 bits per heavy atom. The highest BCUT2D eigenvalue weighted by Gasteiger charge is 2.24. The molecule has 98 valence electrons. The number of nitrogens with zero attached hydrogens (tertiary/aromatic N) is 2. The Labute approximate surface area is 108 Å². The summed E-state index contributed by atoms with van der Waals surface area (Å²) in [5.74, 6) is 8.53. The Morgan fingerprint density at radius 1 is 0.944 bits per heavy atom. The summed E-state index contributed by atoms with van der Waals surface area (Å²) in [6, 6.07) is 2.04. The van der Waals surface area contributed by atoms with E-state index in [-0.39, 0.29) is 0 Å². The summed E-state index contributed by atoms with van der Waals surface area (Å²) in [5.41, 5.74) is 3.91. The van der Waals surface area contributed by atoms with E-state index in [1.807, 2.05) is 6.07 Å². The molecule has 0 aromatic carbocycles. The molecule has 0 radical (unpaired) electrons. The maximum atomic E-state index is 5.54. The molecule has 0 aliphatic heterocycles. The summed E-state index contributed by atoms with van der Waals surface area (Å²) < 4.78 is 0. The van der Waals surface area contributed by atoms with Gasteiger partial charge < -0.3 is 5.43 Å². The van der Waals surface area contributed by atoms with Crippen LogP contribution in [0.15, 0.2) is 6.07 Å². The van der Waals surface area contributed by atoms with E-state index in [1.165, 1.54) is 57.1 Å². The van der Waals surface area contributed by atoms with Crippen LogP contribution in [-0.2, 0) is 0 Å². The molecular formula is C14H22N4. The van der Waals surface area contributed by atoms with Crippen LogP contribution in [0, 0.1) is 0 Å². The topological polar surface area (TPSA) is 63.8 Å². The highest BCUT2D eigenvalue weighted by Crippen LogP contribution is 2.36. The lowest BCUT2D eigenvalue weighted by Crippen LogP contribution is -2.13. The first-order chi connectivity index (χ1) is 8.86. The molecule has 1 aromatic rings. The van der Waals surface area contributed by atoms with Gasteiger partial charge in [0.15, 0.2) is 0 Å². The van der Waals surface area contributed by atoms with Gasteiger partial charge in [-0.3, -0.25) is 0 Å². The minimum absolute atomic E-state index is 0.554. The van der Waals surface area contributed by atoms with E-state index in [1.54, 1.807) is 0 Å². The van der Waals surface area contributed by atoms with Gasteiger partial charge in [0.2, 0.25) is 0 Å². The lowest BCUT2D eigenvalue weighted by atomic mass is 10.0. The van der Waals surface area contributed by atoms with Crippen LogP contribution in [0.1, 0.15) is 74.7 Å². The predicted molar refractivity (Wildman–Crippen MR) is 72.3 cm³/mol. The second-order valence-electron chi connectivity index (χ2n) is 5.64. The van der Waals surface area contributed by atoms with Crippen molar-refractivity contribution in [2.75, 3.05) is 5.43 Å². The monoisotopic (exact) mass is 246 g/mol. The number of hydrogen-bond acceptors (Lipinski definition) is 4. The number of nitrogens with two attached hydrogens (primary N) is 1. The summed E-state index contributed by atoms with van der Waals surface area (Å²) in [7, 11) is 0. The highest BCUT2D eigenvalue weighted by atomic mass is 15.3. The lowest BCUT2D eigenvalue weighted by Gasteiger charge is -2.15. The number of nitrogen functional groups attached to an aromatic ring is 1. The zero-order valence-electron chi connectivity index (χ0n) is 10.9. The third-order valence-corrected chi connectivity index (χ3v) is 4.40. The molecule has 0 bridgehead atoms. The van der Waals surface area contributed by atoms with Crippen LogP contribution >= 0.6 is 0 Å². The molecule has 0 atom stereocenters. The maximum absolute atomic E-state index is 5.54. The second kappa shape index (κ2) is 5.22. The molecule has 2 aliphatic rings. The molecule has 1 heterocycles. The average Bonchev–Trinajstić information content (AvgIpc) is 3.10. The van der Waals surface area contributed by atoms with Crippen molar-refractivity contribution in [2.24, 2.45) is 5.84 Å². The average molecular weight is 246 g/mol. The van der Waals surface area contributed by atoms with Crippen molar-refractivity contribution < 1.29 is 0 Å². The number of hydrazine groups is 1. The molecule has 4 nitrogen and oxygen atoms in total. The van der Waals surface area contributed by atoms with Crippen molar-refractivity contribution in [2.45, 2.75) is 63.2 Å². The van der Waals surface area contributed by atoms with Crippen LogP contribution in [0.2, 0.25) is 0 Å². The van der Waals surface area contributed by atoms with Gasteiger partial charge >= 0.3 is 0 Å². The molecule has 4 heteroatoms. The molecule has 0 amide bonds. The summed E-state index contributed by atoms with van der Waals surface area (Å²) in [5, 5.41) is 0. The molecule has 0 spiro atoms. The minimum atomic E-state index is 0.554. The van der Waals surface area contributed by atoms with E-state index >= 15 is 0 Å². The van der Waals surface area contributed by atoms with Crippen LogP contribution in [-0.4, -0.2) is 9.97 Å². The van der Waals surface area contributed by atoms with Crippen LogP contribution < -0.4 is 11.3 Å². The zero-order valence-corrected chi connectivity index (χ0v) is 10.9. The van der Waals surface area contributed by atoms with Crippen LogP contribution in [0.3, 0.4) is 0 Å². The van der Waals surface area contributed by atoms with E-state index in [4.69, 9.17) is 10.8 Å². The van der Waals surface area contributed by atoms with Crippen molar-refractivity contribution in [3.05, 3.63) is 17.6 Å². The maximum Gasteiger partial charge on any atom is 0.143 e. The summed E-state index contributed by atoms with van der Waals surface area (Å²) in [6.45, 7) is 0. The molecule has 1 aromatic heterocycles. The van der Waals surface area contributed by atoms with Crippen LogP contribution in [0.5, 0.6) is 0 Å². The van der Waals surface area contributed by atoms with E-state index in [2.05, 4.69) is 10.4 Å². The van der Waals surface area contributed by atoms with Crippen molar-refractivity contribution in [1.29, 1.82) is 0 Å². The summed E-state index contributed by atoms with van der Waals surface area (Å²) in [4.78, 5) is 9.40. The fourth-order valence-corrected chi connectivity index (χ4v) is 3.36. The van der Waals surface area contributed by atoms with Gasteiger partial charge in [0.25, 0.3) is 0 Å². The first-order valence-corrected chi connectivity index (χ1v) is 7.22. The van der Waals surface area contributed by atoms with Gasteiger partial charge in [-0.2, -0.15) is 0 Å². The summed E-state index contributed by atoms with van der Waals surface area (Å²) >= 11 is 0. The predicted octanol–water partition coefficient (Wildman–Crippen LogP) is 3.08. The smallest absolute Gasteiger partial charge is 0.143 e. The minimum Gasteiger partial charge on any atom is -0.308 e. The number of aromatic nitrogens is 2. The third-order valence-electron chi connectivity index (χ3n) is 4.40. The van der Waals surface area contributed by atoms with E-state index < -0.39 is 0 Å². The molecule has 3 rings (SSSR count). The first kappa shape index (κ1) is 11.9. The lowest BCUT2D eigenvalue weighted by molar-refractivity contribution is 0.634. The van der Waals surface area contributed by atoms with Gasteiger partial charge in [0, 0.05) is 23.6 Å². The number of hydrogen-bond donors (Lipinski definition) is 2. The molecule has 3 N–H and O–H groups in total. The molecule has 0 unspecified atom stereocenters. The first-order valence-electron chi connectivity index (χ1n) is 7.22. The molecular weight excluding hydrogens is 224 g/mol. The van der Waals surface area contributed by atoms with E-state index in [9.17, 15) is 0 Å². The molecule has 2 fully saturated rings. The Balaban J connectivity index is 1.90. The van der Waals surface area contributed by atoms with Gasteiger partial charge in [-0.1, -0.05) is 25.7 Å². The number of anilines is 1. The quantitative estimate of drug-likeness (QED) is 0.635.